The number of carbonyl (C=O) groups excluding carboxylic acids is 1. The molecule has 1 aromatic heterocycles. The molecule has 1 rings (SSSR count). The van der Waals surface area contributed by atoms with Crippen LogP contribution in [0.25, 0.3) is 6.08 Å². The van der Waals surface area contributed by atoms with E-state index in [1.54, 1.807) is 27.7 Å². The number of aromatic nitrogens is 1. The van der Waals surface area contributed by atoms with E-state index < -0.39 is 40.7 Å². The number of carbonyl (C=O) groups is 1. The number of nitrogens with zero attached hydrogens (tertiary/aromatic N) is 1. The third kappa shape index (κ3) is 5.83. The highest BCUT2D eigenvalue weighted by molar-refractivity contribution is 5.74. The van der Waals surface area contributed by atoms with E-state index in [4.69, 9.17) is 9.47 Å². The van der Waals surface area contributed by atoms with E-state index in [1.807, 2.05) is 0 Å². The Morgan fingerprint density at radius 1 is 1.26 bits per heavy atom. The van der Waals surface area contributed by atoms with Gasteiger partial charge in [-0.15, -0.1) is 0 Å². The van der Waals surface area contributed by atoms with Gasteiger partial charge in [-0.1, -0.05) is 13.8 Å². The van der Waals surface area contributed by atoms with Gasteiger partial charge < -0.3 is 9.47 Å². The van der Waals surface area contributed by atoms with Gasteiger partial charge in [0.05, 0.1) is 19.5 Å². The van der Waals surface area contributed by atoms with Crippen molar-refractivity contribution >= 4 is 12.0 Å². The van der Waals surface area contributed by atoms with Crippen LogP contribution in [0.3, 0.4) is 0 Å². The van der Waals surface area contributed by atoms with Crippen LogP contribution < -0.4 is 5.56 Å². The molecule has 152 valence electrons. The predicted octanol–water partition coefficient (Wildman–Crippen LogP) is 4.16. The Hall–Kier alpha value is -2.32. The van der Waals surface area contributed by atoms with Crippen LogP contribution in [0, 0.1) is 11.7 Å². The van der Waals surface area contributed by atoms with Crippen LogP contribution in [-0.4, -0.2) is 23.8 Å². The summed E-state index contributed by atoms with van der Waals surface area (Å²) in [5.74, 6) is -2.88. The Morgan fingerprint density at radius 3 is 2.37 bits per heavy atom. The minimum Gasteiger partial charge on any atom is -0.501 e. The summed E-state index contributed by atoms with van der Waals surface area (Å²) in [7, 11) is 0. The second kappa shape index (κ2) is 9.57. The zero-order chi connectivity index (χ0) is 20.8. The van der Waals surface area contributed by atoms with Crippen LogP contribution in [0.2, 0.25) is 0 Å². The smallest absolute Gasteiger partial charge is 0.420 e. The Kier molecular flexibility index (Phi) is 8.05. The molecular weight excluding hydrogens is 370 g/mol. The average Bonchev–Trinajstić information content (AvgIpc) is 2.55. The van der Waals surface area contributed by atoms with Crippen LogP contribution >= 0.6 is 0 Å². The largest absolute Gasteiger partial charge is 0.501 e. The van der Waals surface area contributed by atoms with E-state index in [2.05, 4.69) is 0 Å². The third-order valence-corrected chi connectivity index (χ3v) is 3.59. The quantitative estimate of drug-likeness (QED) is 0.378. The van der Waals surface area contributed by atoms with Crippen molar-refractivity contribution in [1.82, 2.24) is 4.57 Å². The van der Waals surface area contributed by atoms with Gasteiger partial charge in [0.1, 0.15) is 11.6 Å². The highest BCUT2D eigenvalue weighted by atomic mass is 19.4. The molecule has 0 spiro atoms. The van der Waals surface area contributed by atoms with Crippen molar-refractivity contribution in [2.75, 3.05) is 13.2 Å². The van der Waals surface area contributed by atoms with Crippen molar-refractivity contribution in [3.63, 3.8) is 0 Å². The first-order valence-corrected chi connectivity index (χ1v) is 8.51. The summed E-state index contributed by atoms with van der Waals surface area (Å²) in [5, 5.41) is 0. The monoisotopic (exact) mass is 393 g/mol. The van der Waals surface area contributed by atoms with Crippen molar-refractivity contribution < 1.29 is 31.8 Å². The Morgan fingerprint density at radius 2 is 1.89 bits per heavy atom. The summed E-state index contributed by atoms with van der Waals surface area (Å²) in [4.78, 5) is 24.5. The lowest BCUT2D eigenvalue weighted by Crippen LogP contribution is -2.35. The molecule has 0 radical (unpaired) electrons. The zero-order valence-electron chi connectivity index (χ0n) is 15.6. The molecule has 0 aliphatic carbocycles. The van der Waals surface area contributed by atoms with Crippen molar-refractivity contribution in [3.8, 4) is 0 Å². The van der Waals surface area contributed by atoms with Crippen LogP contribution in [-0.2, 0) is 20.4 Å². The fourth-order valence-electron chi connectivity index (χ4n) is 2.49. The summed E-state index contributed by atoms with van der Waals surface area (Å²) in [6.45, 7) is 6.90. The Labute approximate surface area is 154 Å². The topological polar surface area (TPSA) is 57.5 Å². The van der Waals surface area contributed by atoms with Gasteiger partial charge in [0.15, 0.2) is 0 Å². The van der Waals surface area contributed by atoms with Gasteiger partial charge >= 0.3 is 12.1 Å². The lowest BCUT2D eigenvalue weighted by atomic mass is 10.0. The molecule has 0 bridgehead atoms. The van der Waals surface area contributed by atoms with Crippen molar-refractivity contribution in [2.24, 2.45) is 5.92 Å². The normalized spacial score (nSPS) is 13.2. The molecule has 0 aromatic carbocycles. The number of ether oxygens (including phenoxy) is 2. The Balaban J connectivity index is 3.67. The van der Waals surface area contributed by atoms with E-state index in [-0.39, 0.29) is 25.6 Å². The molecule has 0 amide bonds. The molecule has 0 saturated carbocycles. The maximum absolute atomic E-state index is 14.4. The van der Waals surface area contributed by atoms with Crippen molar-refractivity contribution in [3.05, 3.63) is 39.8 Å². The molecule has 0 saturated heterocycles. The number of rotatable bonds is 8. The van der Waals surface area contributed by atoms with Crippen molar-refractivity contribution in [1.29, 1.82) is 0 Å². The van der Waals surface area contributed by atoms with Gasteiger partial charge in [-0.3, -0.25) is 9.36 Å². The van der Waals surface area contributed by atoms with Crippen molar-refractivity contribution in [2.45, 2.75) is 46.3 Å². The minimum atomic E-state index is -5.09. The summed E-state index contributed by atoms with van der Waals surface area (Å²) >= 11 is 0. The molecule has 1 aromatic rings. The first-order chi connectivity index (χ1) is 12.5. The number of hydrogen-bond donors (Lipinski definition) is 0. The van der Waals surface area contributed by atoms with Crippen LogP contribution in [0.15, 0.2) is 17.3 Å². The third-order valence-electron chi connectivity index (χ3n) is 3.59. The van der Waals surface area contributed by atoms with Gasteiger partial charge in [0, 0.05) is 11.8 Å². The van der Waals surface area contributed by atoms with E-state index >= 15 is 0 Å². The van der Waals surface area contributed by atoms with Gasteiger partial charge in [-0.25, -0.2) is 9.18 Å². The average molecular weight is 393 g/mol. The lowest BCUT2D eigenvalue weighted by molar-refractivity contribution is -0.147. The maximum Gasteiger partial charge on any atom is 0.420 e. The molecule has 0 N–H and O–H groups in total. The van der Waals surface area contributed by atoms with Gasteiger partial charge in [-0.2, -0.15) is 13.2 Å². The number of pyridine rings is 1. The molecule has 27 heavy (non-hydrogen) atoms. The molecule has 0 aliphatic heterocycles. The molecule has 9 heteroatoms. The number of esters is 1. The summed E-state index contributed by atoms with van der Waals surface area (Å²) in [6.07, 6.45) is -2.30. The molecule has 1 heterocycles. The lowest BCUT2D eigenvalue weighted by Gasteiger charge is -2.22. The SMILES string of the molecule is CCO/C=C/c1cn(C(CC(C)C)C(=O)OCC)c(=O)c(F)c1C(F)(F)F. The number of hydrogen-bond acceptors (Lipinski definition) is 4. The predicted molar refractivity (Wildman–Crippen MR) is 91.4 cm³/mol. The van der Waals surface area contributed by atoms with E-state index in [1.165, 1.54) is 0 Å². The van der Waals surface area contributed by atoms with E-state index in [9.17, 15) is 27.2 Å². The number of alkyl halides is 3. The van der Waals surface area contributed by atoms with Gasteiger partial charge in [0.25, 0.3) is 5.56 Å². The summed E-state index contributed by atoms with van der Waals surface area (Å²) in [6, 6.07) is -1.24. The Bertz CT molecular complexity index is 738. The molecule has 0 fully saturated rings. The fourth-order valence-corrected chi connectivity index (χ4v) is 2.49. The molecule has 1 atom stereocenters. The molecule has 0 aliphatic rings. The van der Waals surface area contributed by atoms with Crippen LogP contribution in [0.5, 0.6) is 0 Å². The number of halogens is 4. The van der Waals surface area contributed by atoms with Gasteiger partial charge in [-0.05, 0) is 32.3 Å². The highest BCUT2D eigenvalue weighted by Gasteiger charge is 2.39. The molecule has 5 nitrogen and oxygen atoms in total. The maximum atomic E-state index is 14.4. The van der Waals surface area contributed by atoms with Crippen LogP contribution in [0.4, 0.5) is 17.6 Å². The highest BCUT2D eigenvalue weighted by Crippen LogP contribution is 2.34. The van der Waals surface area contributed by atoms with E-state index in [0.29, 0.717) is 4.57 Å². The first-order valence-electron chi connectivity index (χ1n) is 8.51. The summed E-state index contributed by atoms with van der Waals surface area (Å²) < 4.78 is 64.6. The molecule has 1 unspecified atom stereocenters. The zero-order valence-corrected chi connectivity index (χ0v) is 15.6. The molecular formula is C18H23F4NO4. The van der Waals surface area contributed by atoms with Crippen LogP contribution in [0.1, 0.15) is 51.3 Å². The first kappa shape index (κ1) is 22.7. The minimum absolute atomic E-state index is 0.0163. The standard InChI is InChI=1S/C18H23F4NO4/c1-5-26-8-7-12-10-23(13(9-11(3)4)17(25)27-6-2)16(24)15(19)14(12)18(20,21)22/h7-8,10-11,13H,5-6,9H2,1-4H3/b8-7+. The van der Waals surface area contributed by atoms with Gasteiger partial charge in [0.2, 0.25) is 5.82 Å². The van der Waals surface area contributed by atoms with E-state index in [0.717, 1.165) is 18.5 Å². The second-order valence-corrected chi connectivity index (χ2v) is 6.14. The second-order valence-electron chi connectivity index (χ2n) is 6.14. The fraction of sp³-hybridized carbons (Fsp3) is 0.556. The summed E-state index contributed by atoms with van der Waals surface area (Å²) in [5.41, 5.74) is -3.85.